The molecule has 0 saturated carbocycles. The minimum atomic E-state index is -3.83. The zero-order valence-corrected chi connectivity index (χ0v) is 36.1. The van der Waals surface area contributed by atoms with Crippen molar-refractivity contribution in [3.8, 4) is 34.5 Å². The molecule has 0 spiro atoms. The highest BCUT2D eigenvalue weighted by molar-refractivity contribution is 7.95. The summed E-state index contributed by atoms with van der Waals surface area (Å²) in [5.74, 6) is 0.919. The molecule has 0 amide bonds. The normalized spacial score (nSPS) is 11.0. The van der Waals surface area contributed by atoms with Crippen LogP contribution in [-0.4, -0.2) is 79.6 Å². The van der Waals surface area contributed by atoms with Crippen LogP contribution in [0.3, 0.4) is 0 Å². The Morgan fingerprint density at radius 2 is 0.922 bits per heavy atom. The van der Waals surface area contributed by atoms with Crippen molar-refractivity contribution in [3.05, 3.63) is 168 Å². The molecular formula is C46H44N2O14S2. The molecule has 0 bridgehead atoms. The molecule has 0 aliphatic rings. The summed E-state index contributed by atoms with van der Waals surface area (Å²) in [7, 11) is -4.56. The smallest absolute Gasteiger partial charge is 0.335 e. The van der Waals surface area contributed by atoms with Crippen molar-refractivity contribution in [2.24, 2.45) is 0 Å². The van der Waals surface area contributed by atoms with Gasteiger partial charge in [-0.05, 0) is 121 Å². The quantitative estimate of drug-likeness (QED) is 0.0504. The molecular weight excluding hydrogens is 869 g/mol. The molecule has 4 N–H and O–H groups in total. The predicted molar refractivity (Wildman–Crippen MR) is 240 cm³/mol. The van der Waals surface area contributed by atoms with E-state index in [0.717, 1.165) is 11.0 Å². The standard InChI is InChI=1S/C23H23NO8S.C23H21NO6S/c1-29-21-12-11-20(15-22(21)30-2)33(27,28)24-17-5-9-19(10-6-17)32-14-13-31-18-7-3-16(4-8-18)23(25)26;25-23(26)19-6-10-21(11-7-19)29-15-16-30-22-12-8-20(9-13-22)24-31(27,28)17-14-18-4-2-1-3-5-18/h3-12,15,24H,13-14H2,1-2H3,(H,25,26);1-14,17,24H,15-16H2,(H,25,26)/b;17-14+. The lowest BCUT2D eigenvalue weighted by atomic mass is 10.2. The van der Waals surface area contributed by atoms with E-state index in [0.29, 0.717) is 45.9 Å². The van der Waals surface area contributed by atoms with Crippen LogP contribution in [-0.2, 0) is 20.0 Å². The first-order valence-corrected chi connectivity index (χ1v) is 22.2. The van der Waals surface area contributed by atoms with Crippen molar-refractivity contribution in [2.75, 3.05) is 50.1 Å². The van der Waals surface area contributed by atoms with Gasteiger partial charge in [-0.25, -0.2) is 26.4 Å². The minimum absolute atomic E-state index is 0.0361. The summed E-state index contributed by atoms with van der Waals surface area (Å²) in [5, 5.41) is 18.9. The molecule has 0 unspecified atom stereocenters. The van der Waals surface area contributed by atoms with Gasteiger partial charge in [0.2, 0.25) is 0 Å². The van der Waals surface area contributed by atoms with Crippen LogP contribution >= 0.6 is 0 Å². The highest BCUT2D eigenvalue weighted by Gasteiger charge is 2.17. The first-order valence-electron chi connectivity index (χ1n) is 19.1. The maximum Gasteiger partial charge on any atom is 0.335 e. The Labute approximate surface area is 370 Å². The molecule has 0 atom stereocenters. The molecule has 334 valence electrons. The van der Waals surface area contributed by atoms with Gasteiger partial charge < -0.3 is 38.6 Å². The van der Waals surface area contributed by atoms with E-state index in [1.54, 1.807) is 72.8 Å². The van der Waals surface area contributed by atoms with Gasteiger partial charge in [-0.2, -0.15) is 0 Å². The molecule has 16 nitrogen and oxygen atoms in total. The largest absolute Gasteiger partial charge is 0.493 e. The topological polar surface area (TPSA) is 222 Å². The van der Waals surface area contributed by atoms with Crippen LogP contribution < -0.4 is 37.9 Å². The zero-order chi connectivity index (χ0) is 46.0. The summed E-state index contributed by atoms with van der Waals surface area (Å²) in [4.78, 5) is 21.7. The molecule has 18 heteroatoms. The van der Waals surface area contributed by atoms with Gasteiger partial charge in [0.1, 0.15) is 49.4 Å². The van der Waals surface area contributed by atoms with E-state index in [1.165, 1.54) is 62.8 Å². The van der Waals surface area contributed by atoms with Crippen LogP contribution in [0.1, 0.15) is 26.3 Å². The summed E-state index contributed by atoms with van der Waals surface area (Å²) in [6, 6.07) is 38.6. The molecule has 0 fully saturated rings. The van der Waals surface area contributed by atoms with E-state index >= 15 is 0 Å². The second-order valence-corrected chi connectivity index (χ2v) is 16.3. The second kappa shape index (κ2) is 22.9. The number of ether oxygens (including phenoxy) is 6. The Bertz CT molecular complexity index is 2700. The molecule has 0 aliphatic heterocycles. The number of benzene rings is 6. The molecule has 0 heterocycles. The Kier molecular flexibility index (Phi) is 17.0. The molecule has 0 saturated heterocycles. The summed E-state index contributed by atoms with van der Waals surface area (Å²) in [6.45, 7) is 1.04. The molecule has 0 aliphatic carbocycles. The SMILES string of the molecule is COc1ccc(S(=O)(=O)Nc2ccc(OCCOc3ccc(C(=O)O)cc3)cc2)cc1OC.O=C(O)c1ccc(OCCOc2ccc(NS(=O)(=O)/C=C/c3ccccc3)cc2)cc1. The van der Waals surface area contributed by atoms with Crippen molar-refractivity contribution in [1.29, 1.82) is 0 Å². The van der Waals surface area contributed by atoms with Gasteiger partial charge in [-0.15, -0.1) is 0 Å². The summed E-state index contributed by atoms with van der Waals surface area (Å²) in [5.41, 5.74) is 1.94. The van der Waals surface area contributed by atoms with Crippen LogP contribution in [0.5, 0.6) is 34.5 Å². The van der Waals surface area contributed by atoms with Crippen LogP contribution in [0.2, 0.25) is 0 Å². The van der Waals surface area contributed by atoms with E-state index in [-0.39, 0.29) is 42.4 Å². The van der Waals surface area contributed by atoms with Crippen LogP contribution in [0.4, 0.5) is 11.4 Å². The third-order valence-electron chi connectivity index (χ3n) is 8.57. The number of hydrogen-bond acceptors (Lipinski definition) is 12. The molecule has 64 heavy (non-hydrogen) atoms. The van der Waals surface area contributed by atoms with E-state index in [1.807, 2.05) is 30.3 Å². The number of rotatable bonds is 21. The fourth-order valence-electron chi connectivity index (χ4n) is 5.39. The van der Waals surface area contributed by atoms with Gasteiger partial charge in [-0.1, -0.05) is 30.3 Å². The average Bonchev–Trinajstić information content (AvgIpc) is 3.30. The van der Waals surface area contributed by atoms with E-state index < -0.39 is 32.0 Å². The van der Waals surface area contributed by atoms with Crippen molar-refractivity contribution in [3.63, 3.8) is 0 Å². The molecule has 6 aromatic rings. The number of anilines is 2. The number of methoxy groups -OCH3 is 2. The maximum atomic E-state index is 12.7. The lowest BCUT2D eigenvalue weighted by molar-refractivity contribution is 0.0686. The predicted octanol–water partition coefficient (Wildman–Crippen LogP) is 7.92. The van der Waals surface area contributed by atoms with Crippen molar-refractivity contribution >= 4 is 49.4 Å². The van der Waals surface area contributed by atoms with E-state index in [2.05, 4.69) is 9.44 Å². The maximum absolute atomic E-state index is 12.7. The third kappa shape index (κ3) is 15.0. The van der Waals surface area contributed by atoms with Gasteiger partial charge in [0.05, 0.1) is 35.7 Å². The monoisotopic (exact) mass is 912 g/mol. The minimum Gasteiger partial charge on any atom is -0.493 e. The fraction of sp³-hybridized carbons (Fsp3) is 0.130. The third-order valence-corrected chi connectivity index (χ3v) is 11.0. The number of aromatic carboxylic acids is 2. The lowest BCUT2D eigenvalue weighted by Crippen LogP contribution is -2.13. The zero-order valence-electron chi connectivity index (χ0n) is 34.4. The summed E-state index contributed by atoms with van der Waals surface area (Å²) < 4.78 is 87.1. The van der Waals surface area contributed by atoms with Crippen molar-refractivity contribution < 1.29 is 65.1 Å². The number of nitrogens with one attached hydrogen (secondary N) is 2. The summed E-state index contributed by atoms with van der Waals surface area (Å²) in [6.07, 6.45) is 1.52. The highest BCUT2D eigenvalue weighted by atomic mass is 32.2. The Morgan fingerprint density at radius 3 is 1.33 bits per heavy atom. The van der Waals surface area contributed by atoms with Gasteiger partial charge >= 0.3 is 11.9 Å². The summed E-state index contributed by atoms with van der Waals surface area (Å²) >= 11 is 0. The number of sulfonamides is 2. The average molecular weight is 913 g/mol. The van der Waals surface area contributed by atoms with Crippen LogP contribution in [0, 0.1) is 0 Å². The van der Waals surface area contributed by atoms with E-state index in [9.17, 15) is 26.4 Å². The van der Waals surface area contributed by atoms with Crippen molar-refractivity contribution in [1.82, 2.24) is 0 Å². The number of carboxylic acids is 2. The molecule has 6 rings (SSSR count). The Hall–Kier alpha value is -7.70. The Balaban J connectivity index is 0.000000241. The Morgan fingerprint density at radius 1 is 0.516 bits per heavy atom. The van der Waals surface area contributed by atoms with Crippen LogP contribution in [0.15, 0.2) is 156 Å². The number of carbonyl (C=O) groups is 2. The van der Waals surface area contributed by atoms with Gasteiger partial charge in [-0.3, -0.25) is 9.44 Å². The number of carboxylic acid groups (broad SMARTS) is 2. The highest BCUT2D eigenvalue weighted by Crippen LogP contribution is 2.30. The van der Waals surface area contributed by atoms with Gasteiger partial charge in [0, 0.05) is 17.4 Å². The first-order chi connectivity index (χ1) is 30.7. The lowest BCUT2D eigenvalue weighted by Gasteiger charge is -2.12. The van der Waals surface area contributed by atoms with Gasteiger partial charge in [0.25, 0.3) is 20.0 Å². The van der Waals surface area contributed by atoms with Gasteiger partial charge in [0.15, 0.2) is 11.5 Å². The fourth-order valence-corrected chi connectivity index (χ4v) is 7.33. The number of hydrogen-bond donors (Lipinski definition) is 4. The van der Waals surface area contributed by atoms with E-state index in [4.69, 9.17) is 38.6 Å². The molecule has 0 aromatic heterocycles. The first kappa shape index (κ1) is 47.4. The van der Waals surface area contributed by atoms with Crippen molar-refractivity contribution in [2.45, 2.75) is 4.90 Å². The second-order valence-electron chi connectivity index (χ2n) is 13.1. The molecule has 0 radical (unpaired) electrons. The molecule has 6 aromatic carbocycles. The van der Waals surface area contributed by atoms with Crippen LogP contribution in [0.25, 0.3) is 6.08 Å².